The molecule has 0 aliphatic carbocycles. The van der Waals surface area contributed by atoms with Gasteiger partial charge in [0, 0.05) is 24.7 Å². The molecule has 5 nitrogen and oxygen atoms in total. The number of rotatable bonds is 5. The topological polar surface area (TPSA) is 74.4 Å². The summed E-state index contributed by atoms with van der Waals surface area (Å²) < 4.78 is 9.79. The fourth-order valence-corrected chi connectivity index (χ4v) is 1.54. The first-order valence-corrected chi connectivity index (χ1v) is 5.34. The van der Waals surface area contributed by atoms with E-state index in [2.05, 4.69) is 4.98 Å². The Hall–Kier alpha value is -1.62. The van der Waals surface area contributed by atoms with Gasteiger partial charge in [0.1, 0.15) is 0 Å². The van der Waals surface area contributed by atoms with Gasteiger partial charge in [0.15, 0.2) is 0 Å². The van der Waals surface area contributed by atoms with Crippen LogP contribution in [-0.4, -0.2) is 31.7 Å². The fraction of sp³-hybridized carbons (Fsp3) is 0.500. The number of hydrogen-bond acceptors (Lipinski definition) is 5. The van der Waals surface area contributed by atoms with E-state index in [0.29, 0.717) is 12.3 Å². The Kier molecular flexibility index (Phi) is 4.45. The van der Waals surface area contributed by atoms with Gasteiger partial charge in [0.05, 0.1) is 19.6 Å². The summed E-state index contributed by atoms with van der Waals surface area (Å²) in [5.74, 6) is 0.191. The van der Waals surface area contributed by atoms with Crippen molar-refractivity contribution in [2.24, 2.45) is 11.1 Å². The van der Waals surface area contributed by atoms with Gasteiger partial charge in [0.2, 0.25) is 5.88 Å². The molecular formula is C12H18N2O3. The quantitative estimate of drug-likeness (QED) is 0.767. The number of nitrogens with zero attached hydrogens (tertiary/aromatic N) is 1. The first-order chi connectivity index (χ1) is 8.05. The zero-order valence-corrected chi connectivity index (χ0v) is 10.4. The molecule has 17 heavy (non-hydrogen) atoms. The lowest BCUT2D eigenvalue weighted by molar-refractivity contribution is -0.151. The number of pyridine rings is 1. The highest BCUT2D eigenvalue weighted by molar-refractivity contribution is 5.76. The maximum absolute atomic E-state index is 11.7. The van der Waals surface area contributed by atoms with Crippen molar-refractivity contribution < 1.29 is 14.3 Å². The molecule has 0 amide bonds. The third kappa shape index (κ3) is 3.17. The molecule has 0 bridgehead atoms. The third-order valence-corrected chi connectivity index (χ3v) is 2.69. The molecule has 0 aliphatic rings. The first-order valence-electron chi connectivity index (χ1n) is 5.34. The van der Waals surface area contributed by atoms with E-state index in [-0.39, 0.29) is 12.5 Å². The van der Waals surface area contributed by atoms with Gasteiger partial charge in [-0.3, -0.25) is 4.79 Å². The number of ether oxygens (including phenoxy) is 2. The van der Waals surface area contributed by atoms with Crippen LogP contribution in [0.3, 0.4) is 0 Å². The molecule has 1 unspecified atom stereocenters. The number of nitrogens with two attached hydrogens (primary N) is 1. The van der Waals surface area contributed by atoms with Crippen molar-refractivity contribution >= 4 is 5.97 Å². The summed E-state index contributed by atoms with van der Waals surface area (Å²) in [5.41, 5.74) is 5.64. The molecule has 0 saturated heterocycles. The maximum atomic E-state index is 11.7. The van der Waals surface area contributed by atoms with Crippen LogP contribution in [0, 0.1) is 5.41 Å². The van der Waals surface area contributed by atoms with Crippen LogP contribution in [0.5, 0.6) is 5.88 Å². The van der Waals surface area contributed by atoms with Crippen molar-refractivity contribution in [1.82, 2.24) is 4.98 Å². The van der Waals surface area contributed by atoms with E-state index in [9.17, 15) is 4.79 Å². The Morgan fingerprint density at radius 1 is 1.47 bits per heavy atom. The highest BCUT2D eigenvalue weighted by Gasteiger charge is 2.33. The number of methoxy groups -OCH3 is 2. The second-order valence-corrected chi connectivity index (χ2v) is 4.10. The molecule has 5 heteroatoms. The molecule has 1 atom stereocenters. The summed E-state index contributed by atoms with van der Waals surface area (Å²) >= 11 is 0. The van der Waals surface area contributed by atoms with E-state index in [0.717, 1.165) is 5.69 Å². The Labute approximate surface area is 101 Å². The maximum Gasteiger partial charge on any atom is 0.313 e. The molecule has 1 aromatic rings. The van der Waals surface area contributed by atoms with Crippen molar-refractivity contribution in [2.45, 2.75) is 13.3 Å². The van der Waals surface area contributed by atoms with Crippen LogP contribution in [0.25, 0.3) is 0 Å². The average Bonchev–Trinajstić information content (AvgIpc) is 2.37. The van der Waals surface area contributed by atoms with Gasteiger partial charge in [-0.15, -0.1) is 0 Å². The van der Waals surface area contributed by atoms with Gasteiger partial charge >= 0.3 is 5.97 Å². The molecule has 1 rings (SSSR count). The van der Waals surface area contributed by atoms with Gasteiger partial charge in [-0.05, 0) is 13.0 Å². The highest BCUT2D eigenvalue weighted by Crippen LogP contribution is 2.23. The molecule has 0 radical (unpaired) electrons. The molecule has 0 aliphatic heterocycles. The average molecular weight is 238 g/mol. The Bertz CT molecular complexity index is 395. The molecule has 1 heterocycles. The van der Waals surface area contributed by atoms with Gasteiger partial charge in [0.25, 0.3) is 0 Å². The van der Waals surface area contributed by atoms with Crippen LogP contribution in [-0.2, 0) is 16.0 Å². The summed E-state index contributed by atoms with van der Waals surface area (Å²) in [6.07, 6.45) is 0.424. The molecule has 0 fully saturated rings. The van der Waals surface area contributed by atoms with Crippen molar-refractivity contribution in [3.05, 3.63) is 23.9 Å². The van der Waals surface area contributed by atoms with Crippen LogP contribution in [0.4, 0.5) is 0 Å². The van der Waals surface area contributed by atoms with E-state index < -0.39 is 5.41 Å². The molecule has 0 spiro atoms. The van der Waals surface area contributed by atoms with Gasteiger partial charge in [-0.1, -0.05) is 6.07 Å². The lowest BCUT2D eigenvalue weighted by Crippen LogP contribution is -2.39. The summed E-state index contributed by atoms with van der Waals surface area (Å²) in [7, 11) is 2.91. The standard InChI is InChI=1S/C12H18N2O3/c1-12(8-13,11(15)17-3)7-9-5-4-6-10(14-9)16-2/h4-6H,7-8,13H2,1-3H3. The lowest BCUT2D eigenvalue weighted by Gasteiger charge is -2.24. The predicted molar refractivity (Wildman–Crippen MR) is 63.7 cm³/mol. The largest absolute Gasteiger partial charge is 0.481 e. The Morgan fingerprint density at radius 2 is 2.18 bits per heavy atom. The number of aromatic nitrogens is 1. The van der Waals surface area contributed by atoms with Crippen LogP contribution in [0.1, 0.15) is 12.6 Å². The van der Waals surface area contributed by atoms with Crippen LogP contribution in [0.15, 0.2) is 18.2 Å². The number of hydrogen-bond donors (Lipinski definition) is 1. The monoisotopic (exact) mass is 238 g/mol. The highest BCUT2D eigenvalue weighted by atomic mass is 16.5. The van der Waals surface area contributed by atoms with Gasteiger partial charge in [-0.25, -0.2) is 4.98 Å². The molecular weight excluding hydrogens is 220 g/mol. The molecule has 94 valence electrons. The molecule has 0 aromatic carbocycles. The van der Waals surface area contributed by atoms with Crippen molar-refractivity contribution in [3.63, 3.8) is 0 Å². The minimum absolute atomic E-state index is 0.207. The second-order valence-electron chi connectivity index (χ2n) is 4.10. The zero-order valence-electron chi connectivity index (χ0n) is 10.4. The van der Waals surface area contributed by atoms with Crippen molar-refractivity contribution in [1.29, 1.82) is 0 Å². The second kappa shape index (κ2) is 5.63. The smallest absolute Gasteiger partial charge is 0.313 e. The van der Waals surface area contributed by atoms with Crippen molar-refractivity contribution in [2.75, 3.05) is 20.8 Å². The minimum Gasteiger partial charge on any atom is -0.481 e. The molecule has 1 aromatic heterocycles. The number of carbonyl (C=O) groups is 1. The van der Waals surface area contributed by atoms with Crippen molar-refractivity contribution in [3.8, 4) is 5.88 Å². The van der Waals surface area contributed by atoms with E-state index >= 15 is 0 Å². The SMILES string of the molecule is COC(=O)C(C)(CN)Cc1cccc(OC)n1. The summed E-state index contributed by atoms with van der Waals surface area (Å²) in [4.78, 5) is 15.9. The Balaban J connectivity index is 2.90. The van der Waals surface area contributed by atoms with Crippen LogP contribution < -0.4 is 10.5 Å². The molecule has 0 saturated carbocycles. The van der Waals surface area contributed by atoms with E-state index in [1.165, 1.54) is 7.11 Å². The zero-order chi connectivity index (χ0) is 12.9. The number of carbonyl (C=O) groups excluding carboxylic acids is 1. The normalized spacial score (nSPS) is 13.9. The Morgan fingerprint density at radius 3 is 2.71 bits per heavy atom. The van der Waals surface area contributed by atoms with E-state index in [1.807, 2.05) is 12.1 Å². The van der Waals surface area contributed by atoms with Crippen LogP contribution in [0.2, 0.25) is 0 Å². The third-order valence-electron chi connectivity index (χ3n) is 2.69. The van der Waals surface area contributed by atoms with Gasteiger partial charge < -0.3 is 15.2 Å². The van der Waals surface area contributed by atoms with E-state index in [1.54, 1.807) is 20.1 Å². The summed E-state index contributed by atoms with van der Waals surface area (Å²) in [6.45, 7) is 1.97. The number of esters is 1. The predicted octanol–water partition coefficient (Wildman–Crippen LogP) is 0.771. The van der Waals surface area contributed by atoms with E-state index in [4.69, 9.17) is 15.2 Å². The summed E-state index contributed by atoms with van der Waals surface area (Å²) in [5, 5.41) is 0. The summed E-state index contributed by atoms with van der Waals surface area (Å²) in [6, 6.07) is 5.41. The minimum atomic E-state index is -0.756. The molecule has 2 N–H and O–H groups in total. The fourth-order valence-electron chi connectivity index (χ4n) is 1.54. The van der Waals surface area contributed by atoms with Crippen LogP contribution >= 0.6 is 0 Å². The lowest BCUT2D eigenvalue weighted by atomic mass is 9.85. The van der Waals surface area contributed by atoms with Gasteiger partial charge in [-0.2, -0.15) is 0 Å². The first kappa shape index (κ1) is 13.4.